The highest BCUT2D eigenvalue weighted by Gasteiger charge is 2.21. The highest BCUT2D eigenvalue weighted by Crippen LogP contribution is 2.23. The predicted molar refractivity (Wildman–Crippen MR) is 81.2 cm³/mol. The van der Waals surface area contributed by atoms with Gasteiger partial charge in [-0.05, 0) is 34.6 Å². The first-order valence-electron chi connectivity index (χ1n) is 6.40. The number of hydrogen-bond donors (Lipinski definition) is 1. The molecule has 1 N–H and O–H groups in total. The summed E-state index contributed by atoms with van der Waals surface area (Å²) in [5.41, 5.74) is 0.161. The Hall–Kier alpha value is -1.89. The van der Waals surface area contributed by atoms with Crippen LogP contribution in [0.2, 0.25) is 0 Å². The van der Waals surface area contributed by atoms with Gasteiger partial charge >= 0.3 is 12.1 Å². The van der Waals surface area contributed by atoms with Crippen molar-refractivity contribution in [1.29, 1.82) is 0 Å². The van der Waals surface area contributed by atoms with Crippen molar-refractivity contribution in [3.63, 3.8) is 0 Å². The average Bonchev–Trinajstić information content (AvgIpc) is 2.75. The molecule has 1 amide bonds. The minimum atomic E-state index is -0.584. The molecule has 1 rings (SSSR count). The summed E-state index contributed by atoms with van der Waals surface area (Å²) in [5.74, 6) is -0.497. The summed E-state index contributed by atoms with van der Waals surface area (Å²) in [6.45, 7) is 8.88. The summed E-state index contributed by atoms with van der Waals surface area (Å²) < 4.78 is 9.86. The van der Waals surface area contributed by atoms with Gasteiger partial charge in [-0.3, -0.25) is 5.32 Å². The maximum atomic E-state index is 11.8. The quantitative estimate of drug-likeness (QED) is 0.868. The number of carbonyl (C=O) groups is 2. The zero-order chi connectivity index (χ0) is 16.2. The van der Waals surface area contributed by atoms with Crippen molar-refractivity contribution in [2.75, 3.05) is 7.11 Å². The van der Waals surface area contributed by atoms with E-state index in [9.17, 15) is 9.59 Å². The van der Waals surface area contributed by atoms with Crippen LogP contribution in [0.5, 0.6) is 0 Å². The fraction of sp³-hybridized carbons (Fsp3) is 0.500. The molecule has 0 aliphatic heterocycles. The topological polar surface area (TPSA) is 77.5 Å². The number of rotatable bonds is 3. The van der Waals surface area contributed by atoms with Gasteiger partial charge in [0.15, 0.2) is 5.69 Å². The van der Waals surface area contributed by atoms with Crippen LogP contribution in [0.25, 0.3) is 5.70 Å². The van der Waals surface area contributed by atoms with E-state index in [1.54, 1.807) is 40.7 Å². The minimum absolute atomic E-state index is 0.253. The first kappa shape index (κ1) is 17.2. The van der Waals surface area contributed by atoms with Crippen molar-refractivity contribution in [3.8, 4) is 0 Å². The lowest BCUT2D eigenvalue weighted by atomic mass is 10.2. The number of nitrogens with zero attached hydrogens (tertiary/aromatic N) is 1. The molecule has 116 valence electrons. The van der Waals surface area contributed by atoms with Crippen molar-refractivity contribution < 1.29 is 19.1 Å². The number of hydrogen-bond acceptors (Lipinski definition) is 6. The van der Waals surface area contributed by atoms with Crippen LogP contribution in [0.4, 0.5) is 4.79 Å². The number of methoxy groups -OCH3 is 1. The maximum absolute atomic E-state index is 11.8. The van der Waals surface area contributed by atoms with Crippen LogP contribution in [0.15, 0.2) is 6.08 Å². The number of aryl methyl sites for hydroxylation is 1. The van der Waals surface area contributed by atoms with E-state index in [4.69, 9.17) is 4.74 Å². The second-order valence-corrected chi connectivity index (χ2v) is 6.45. The zero-order valence-electron chi connectivity index (χ0n) is 13.1. The summed E-state index contributed by atoms with van der Waals surface area (Å²) in [6, 6.07) is 0. The van der Waals surface area contributed by atoms with Crippen molar-refractivity contribution in [2.45, 2.75) is 40.2 Å². The Bertz CT molecular complexity index is 570. The third kappa shape index (κ3) is 4.86. The largest absolute Gasteiger partial charge is 0.464 e. The molecule has 0 saturated carbocycles. The number of allylic oxidation sites excluding steroid dienone is 1. The molecule has 0 fully saturated rings. The maximum Gasteiger partial charge on any atom is 0.412 e. The molecule has 0 spiro atoms. The Morgan fingerprint density at radius 1 is 1.33 bits per heavy atom. The van der Waals surface area contributed by atoms with E-state index in [0.29, 0.717) is 10.7 Å². The van der Waals surface area contributed by atoms with E-state index in [2.05, 4.69) is 15.0 Å². The number of ether oxygens (including phenoxy) is 2. The van der Waals surface area contributed by atoms with E-state index in [1.807, 2.05) is 0 Å². The van der Waals surface area contributed by atoms with E-state index < -0.39 is 17.7 Å². The molecule has 1 aromatic rings. The summed E-state index contributed by atoms with van der Waals surface area (Å²) in [4.78, 5) is 28.3. The monoisotopic (exact) mass is 312 g/mol. The van der Waals surface area contributed by atoms with Crippen LogP contribution in [-0.2, 0) is 9.47 Å². The fourth-order valence-corrected chi connectivity index (χ4v) is 2.39. The van der Waals surface area contributed by atoms with Crippen molar-refractivity contribution in [1.82, 2.24) is 10.3 Å². The summed E-state index contributed by atoms with van der Waals surface area (Å²) in [5, 5.41) is 3.16. The van der Waals surface area contributed by atoms with E-state index in [-0.39, 0.29) is 5.69 Å². The molecule has 0 radical (unpaired) electrons. The lowest BCUT2D eigenvalue weighted by Crippen LogP contribution is -2.31. The van der Waals surface area contributed by atoms with E-state index in [0.717, 1.165) is 4.88 Å². The zero-order valence-corrected chi connectivity index (χ0v) is 13.9. The molecule has 0 unspecified atom stereocenters. The van der Waals surface area contributed by atoms with Gasteiger partial charge in [-0.2, -0.15) is 0 Å². The SMILES string of the molecule is C/C=C(\NC(=O)OC(C)(C)C)c1nc(C(=O)OC)c(C)s1. The molecular weight excluding hydrogens is 292 g/mol. The Labute approximate surface area is 128 Å². The number of alkyl carbamates (subject to hydrolysis) is 1. The number of aromatic nitrogens is 1. The van der Waals surface area contributed by atoms with Gasteiger partial charge < -0.3 is 9.47 Å². The minimum Gasteiger partial charge on any atom is -0.464 e. The summed E-state index contributed by atoms with van der Waals surface area (Å²) >= 11 is 1.30. The van der Waals surface area contributed by atoms with Gasteiger partial charge in [0.2, 0.25) is 0 Å². The number of carbonyl (C=O) groups excluding carboxylic acids is 2. The van der Waals surface area contributed by atoms with Gasteiger partial charge in [0, 0.05) is 4.88 Å². The molecule has 6 nitrogen and oxygen atoms in total. The third-order valence-electron chi connectivity index (χ3n) is 2.33. The van der Waals surface area contributed by atoms with Gasteiger partial charge in [-0.15, -0.1) is 11.3 Å². The Kier molecular flexibility index (Phi) is 5.48. The standard InChI is InChI=1S/C14H20N2O4S/c1-7-9(15-13(18)20-14(3,4)5)11-16-10(8(2)21-11)12(17)19-6/h7H,1-6H3,(H,15,18)/b9-7-. The second kappa shape index (κ2) is 6.71. The number of thiazole rings is 1. The van der Waals surface area contributed by atoms with Crippen LogP contribution in [-0.4, -0.2) is 29.8 Å². The van der Waals surface area contributed by atoms with Gasteiger partial charge in [0.1, 0.15) is 10.6 Å². The van der Waals surface area contributed by atoms with Crippen LogP contribution in [0.3, 0.4) is 0 Å². The van der Waals surface area contributed by atoms with Crippen LogP contribution < -0.4 is 5.32 Å². The normalized spacial score (nSPS) is 12.0. The number of nitrogens with one attached hydrogen (secondary N) is 1. The van der Waals surface area contributed by atoms with Gasteiger partial charge in [0.05, 0.1) is 12.8 Å². The summed E-state index contributed by atoms with van der Waals surface area (Å²) in [6.07, 6.45) is 1.13. The average molecular weight is 312 g/mol. The Balaban J connectivity index is 2.92. The molecule has 21 heavy (non-hydrogen) atoms. The number of amides is 1. The number of esters is 1. The smallest absolute Gasteiger partial charge is 0.412 e. The first-order valence-corrected chi connectivity index (χ1v) is 7.22. The molecule has 1 aromatic heterocycles. The molecule has 0 saturated heterocycles. The third-order valence-corrected chi connectivity index (χ3v) is 3.33. The van der Waals surface area contributed by atoms with Gasteiger partial charge in [0.25, 0.3) is 0 Å². The van der Waals surface area contributed by atoms with Crippen molar-refractivity contribution >= 4 is 29.1 Å². The Morgan fingerprint density at radius 2 is 1.95 bits per heavy atom. The summed E-state index contributed by atoms with van der Waals surface area (Å²) in [7, 11) is 1.30. The highest BCUT2D eigenvalue weighted by molar-refractivity contribution is 7.13. The lowest BCUT2D eigenvalue weighted by molar-refractivity contribution is 0.0556. The molecule has 0 atom stereocenters. The molecule has 1 heterocycles. The van der Waals surface area contributed by atoms with Crippen molar-refractivity contribution in [2.24, 2.45) is 0 Å². The van der Waals surface area contributed by atoms with E-state index >= 15 is 0 Å². The van der Waals surface area contributed by atoms with Crippen LogP contribution in [0.1, 0.15) is 48.1 Å². The molecule has 0 bridgehead atoms. The first-order chi connectivity index (χ1) is 9.67. The molecule has 0 aliphatic rings. The van der Waals surface area contributed by atoms with Crippen LogP contribution in [0, 0.1) is 6.92 Å². The molecule has 7 heteroatoms. The molecular formula is C14H20N2O4S. The predicted octanol–water partition coefficient (Wildman–Crippen LogP) is 3.12. The van der Waals surface area contributed by atoms with Gasteiger partial charge in [-0.1, -0.05) is 6.08 Å². The fourth-order valence-electron chi connectivity index (χ4n) is 1.46. The molecule has 0 aromatic carbocycles. The second-order valence-electron chi connectivity index (χ2n) is 5.24. The van der Waals surface area contributed by atoms with Gasteiger partial charge in [-0.25, -0.2) is 14.6 Å². The van der Waals surface area contributed by atoms with Crippen LogP contribution >= 0.6 is 11.3 Å². The Morgan fingerprint density at radius 3 is 2.43 bits per heavy atom. The highest BCUT2D eigenvalue weighted by atomic mass is 32.1. The molecule has 0 aliphatic carbocycles. The van der Waals surface area contributed by atoms with E-state index in [1.165, 1.54) is 18.4 Å². The van der Waals surface area contributed by atoms with Crippen molar-refractivity contribution in [3.05, 3.63) is 21.7 Å². The lowest BCUT2D eigenvalue weighted by Gasteiger charge is -2.20.